The van der Waals surface area contributed by atoms with E-state index in [2.05, 4.69) is 27.7 Å². The second-order valence-electron chi connectivity index (χ2n) is 12.9. The van der Waals surface area contributed by atoms with Crippen LogP contribution in [0.25, 0.3) is 0 Å². The summed E-state index contributed by atoms with van der Waals surface area (Å²) in [5.41, 5.74) is -1.25. The Bertz CT molecular complexity index is 758. The summed E-state index contributed by atoms with van der Waals surface area (Å²) in [5.74, 6) is 0.898. The Balaban J connectivity index is 1.90. The van der Waals surface area contributed by atoms with Gasteiger partial charge in [0.2, 0.25) is 0 Å². The molecule has 9 atom stereocenters. The molecule has 196 valence electrons. The average molecular weight is 479 g/mol. The number of aliphatic hydroxyl groups excluding tert-OH is 3. The number of Topliss-reactive ketones (excluding diaryl/α,β-unsaturated/α-hetero) is 1. The first kappa shape index (κ1) is 27.8. The van der Waals surface area contributed by atoms with Crippen LogP contribution in [0.1, 0.15) is 99.3 Å². The summed E-state index contributed by atoms with van der Waals surface area (Å²) in [7, 11) is 0. The number of hydrogen-bond acceptors (Lipinski definition) is 5. The van der Waals surface area contributed by atoms with Crippen molar-refractivity contribution in [2.24, 2.45) is 40.4 Å². The molecule has 3 aliphatic rings. The first-order valence-corrected chi connectivity index (χ1v) is 13.8. The highest BCUT2D eigenvalue weighted by Crippen LogP contribution is 2.60. The number of carbonyl (C=O) groups excluding carboxylic acids is 1. The standard InChI is InChI=1S/C29H50O5/c1-7-19(18(2)3)10-13-29(6,34)25-9-8-22(27(25,4)14-15-30)21-17-24(32)23-16-20(31)11-12-28(23,5)26(21)33/h17-20,22-25,30-32,34H,7-16H2,1-6H3. The zero-order chi connectivity index (χ0) is 25.5. The van der Waals surface area contributed by atoms with E-state index < -0.39 is 28.6 Å². The van der Waals surface area contributed by atoms with Crippen LogP contribution in [0, 0.1) is 40.4 Å². The Morgan fingerprint density at radius 3 is 2.44 bits per heavy atom. The van der Waals surface area contributed by atoms with Crippen LogP contribution >= 0.6 is 0 Å². The monoisotopic (exact) mass is 478 g/mol. The lowest BCUT2D eigenvalue weighted by Crippen LogP contribution is -2.52. The van der Waals surface area contributed by atoms with Gasteiger partial charge < -0.3 is 20.4 Å². The second kappa shape index (κ2) is 10.3. The van der Waals surface area contributed by atoms with Crippen LogP contribution in [0.4, 0.5) is 0 Å². The van der Waals surface area contributed by atoms with Crippen LogP contribution < -0.4 is 0 Å². The van der Waals surface area contributed by atoms with Crippen molar-refractivity contribution in [2.45, 2.75) is 117 Å². The van der Waals surface area contributed by atoms with Crippen molar-refractivity contribution in [3.63, 3.8) is 0 Å². The summed E-state index contributed by atoms with van der Waals surface area (Å²) in [6.07, 6.45) is 7.09. The summed E-state index contributed by atoms with van der Waals surface area (Å²) in [6, 6.07) is 0. The molecule has 5 heteroatoms. The molecule has 0 amide bonds. The third-order valence-corrected chi connectivity index (χ3v) is 10.5. The zero-order valence-electron chi connectivity index (χ0n) is 22.4. The van der Waals surface area contributed by atoms with Gasteiger partial charge in [-0.3, -0.25) is 4.79 Å². The van der Waals surface area contributed by atoms with E-state index in [4.69, 9.17) is 0 Å². The predicted octanol–water partition coefficient (Wildman–Crippen LogP) is 4.65. The minimum absolute atomic E-state index is 0.0132. The third kappa shape index (κ3) is 4.92. The van der Waals surface area contributed by atoms with Crippen LogP contribution in [-0.4, -0.2) is 50.6 Å². The lowest BCUT2D eigenvalue weighted by atomic mass is 9.55. The van der Waals surface area contributed by atoms with Gasteiger partial charge in [0.25, 0.3) is 0 Å². The van der Waals surface area contributed by atoms with E-state index in [-0.39, 0.29) is 30.1 Å². The molecule has 0 saturated heterocycles. The minimum Gasteiger partial charge on any atom is -0.396 e. The lowest BCUT2D eigenvalue weighted by molar-refractivity contribution is -0.139. The van der Waals surface area contributed by atoms with Crippen molar-refractivity contribution < 1.29 is 25.2 Å². The Kier molecular flexibility index (Phi) is 8.45. The average Bonchev–Trinajstić information content (AvgIpc) is 3.10. The maximum absolute atomic E-state index is 13.9. The predicted molar refractivity (Wildman–Crippen MR) is 135 cm³/mol. The summed E-state index contributed by atoms with van der Waals surface area (Å²) in [4.78, 5) is 13.9. The molecule has 3 aliphatic carbocycles. The van der Waals surface area contributed by atoms with Crippen molar-refractivity contribution in [1.82, 2.24) is 0 Å². The van der Waals surface area contributed by atoms with Crippen LogP contribution in [0.5, 0.6) is 0 Å². The normalized spacial score (nSPS) is 41.2. The second-order valence-corrected chi connectivity index (χ2v) is 12.9. The molecule has 0 aromatic heterocycles. The molecule has 3 rings (SSSR count). The highest BCUT2D eigenvalue weighted by Gasteiger charge is 2.58. The number of carbonyl (C=O) groups is 1. The van der Waals surface area contributed by atoms with Crippen LogP contribution in [0.2, 0.25) is 0 Å². The molecule has 0 aromatic rings. The van der Waals surface area contributed by atoms with Gasteiger partial charge >= 0.3 is 0 Å². The molecule has 5 nitrogen and oxygen atoms in total. The van der Waals surface area contributed by atoms with Gasteiger partial charge in [-0.05, 0) is 99.0 Å². The quantitative estimate of drug-likeness (QED) is 0.387. The highest BCUT2D eigenvalue weighted by atomic mass is 16.3. The van der Waals surface area contributed by atoms with Gasteiger partial charge in [-0.2, -0.15) is 0 Å². The SMILES string of the molecule is CCC(CCC(C)(O)C1CCC(C2=CC(O)C3CC(O)CCC3(C)C2=O)C1(C)CCO)C(C)C. The van der Waals surface area contributed by atoms with E-state index in [0.29, 0.717) is 43.1 Å². The molecule has 2 fully saturated rings. The molecule has 0 bridgehead atoms. The Hall–Kier alpha value is -0.750. The molecular weight excluding hydrogens is 428 g/mol. The maximum Gasteiger partial charge on any atom is 0.165 e. The van der Waals surface area contributed by atoms with Gasteiger partial charge in [0.15, 0.2) is 5.78 Å². The summed E-state index contributed by atoms with van der Waals surface area (Å²) in [6.45, 7) is 12.8. The van der Waals surface area contributed by atoms with Crippen molar-refractivity contribution in [1.29, 1.82) is 0 Å². The van der Waals surface area contributed by atoms with Gasteiger partial charge in [0.1, 0.15) is 0 Å². The van der Waals surface area contributed by atoms with Crippen molar-refractivity contribution in [3.05, 3.63) is 11.6 Å². The van der Waals surface area contributed by atoms with E-state index in [9.17, 15) is 25.2 Å². The first-order chi connectivity index (χ1) is 15.8. The number of allylic oxidation sites excluding steroid dienone is 1. The maximum atomic E-state index is 13.9. The number of ketones is 1. The fourth-order valence-corrected chi connectivity index (χ4v) is 8.12. The molecule has 0 heterocycles. The van der Waals surface area contributed by atoms with Gasteiger partial charge in [0.05, 0.1) is 17.8 Å². The van der Waals surface area contributed by atoms with Crippen molar-refractivity contribution in [3.8, 4) is 0 Å². The van der Waals surface area contributed by atoms with Gasteiger partial charge in [-0.25, -0.2) is 0 Å². The largest absolute Gasteiger partial charge is 0.396 e. The summed E-state index contributed by atoms with van der Waals surface area (Å²) < 4.78 is 0. The Morgan fingerprint density at radius 2 is 1.85 bits per heavy atom. The molecule has 0 radical (unpaired) electrons. The molecule has 0 aromatic carbocycles. The van der Waals surface area contributed by atoms with Crippen LogP contribution in [0.3, 0.4) is 0 Å². The number of fused-ring (bicyclic) bond motifs is 1. The lowest BCUT2D eigenvalue weighted by Gasteiger charge is -2.50. The molecular formula is C29H50O5. The number of rotatable bonds is 9. The molecule has 9 unspecified atom stereocenters. The van der Waals surface area contributed by atoms with E-state index in [0.717, 1.165) is 32.1 Å². The number of hydrogen-bond donors (Lipinski definition) is 4. The molecule has 2 saturated carbocycles. The van der Waals surface area contributed by atoms with Crippen molar-refractivity contribution in [2.75, 3.05) is 6.61 Å². The highest BCUT2D eigenvalue weighted by molar-refractivity contribution is 6.01. The fraction of sp³-hybridized carbons (Fsp3) is 0.897. The molecule has 4 N–H and O–H groups in total. The summed E-state index contributed by atoms with van der Waals surface area (Å²) >= 11 is 0. The van der Waals surface area contributed by atoms with Gasteiger partial charge in [-0.1, -0.05) is 41.0 Å². The molecule has 34 heavy (non-hydrogen) atoms. The van der Waals surface area contributed by atoms with E-state index in [1.54, 1.807) is 6.08 Å². The van der Waals surface area contributed by atoms with Crippen LogP contribution in [0.15, 0.2) is 11.6 Å². The van der Waals surface area contributed by atoms with Crippen molar-refractivity contribution >= 4 is 5.78 Å². The number of aliphatic hydroxyl groups is 4. The first-order valence-electron chi connectivity index (χ1n) is 13.8. The smallest absolute Gasteiger partial charge is 0.165 e. The Morgan fingerprint density at radius 1 is 1.18 bits per heavy atom. The molecule has 0 spiro atoms. The van der Waals surface area contributed by atoms with E-state index in [1.807, 2.05) is 13.8 Å². The van der Waals surface area contributed by atoms with Gasteiger partial charge in [-0.15, -0.1) is 0 Å². The van der Waals surface area contributed by atoms with E-state index >= 15 is 0 Å². The zero-order valence-corrected chi connectivity index (χ0v) is 22.4. The third-order valence-electron chi connectivity index (χ3n) is 10.5. The van der Waals surface area contributed by atoms with Crippen LogP contribution in [-0.2, 0) is 4.79 Å². The molecule has 0 aliphatic heterocycles. The van der Waals surface area contributed by atoms with Gasteiger partial charge in [0, 0.05) is 17.9 Å². The minimum atomic E-state index is -0.876. The fourth-order valence-electron chi connectivity index (χ4n) is 8.12. The topological polar surface area (TPSA) is 98.0 Å². The summed E-state index contributed by atoms with van der Waals surface area (Å²) in [5, 5.41) is 43.0. The Labute approximate surface area is 207 Å². The van der Waals surface area contributed by atoms with E-state index in [1.165, 1.54) is 0 Å².